The molecule has 0 N–H and O–H groups in total. The van der Waals surface area contributed by atoms with Crippen molar-refractivity contribution in [2.45, 2.75) is 0 Å². The molecule has 0 aliphatic heterocycles. The van der Waals surface area contributed by atoms with Crippen molar-refractivity contribution in [3.05, 3.63) is 273 Å². The molecule has 0 heterocycles. The summed E-state index contributed by atoms with van der Waals surface area (Å²) in [5.74, 6) is 0. The second-order valence-corrected chi connectivity index (χ2v) is 19.7. The smallest absolute Gasteiger partial charge is 0.0462 e. The predicted molar refractivity (Wildman–Crippen MR) is 315 cm³/mol. The van der Waals surface area contributed by atoms with Crippen LogP contribution in [0.25, 0.3) is 130 Å². The van der Waals surface area contributed by atoms with E-state index < -0.39 is 0 Å². The van der Waals surface area contributed by atoms with Gasteiger partial charge in [0.15, 0.2) is 0 Å². The molecular weight excluding hydrogens is 879 g/mol. The first kappa shape index (κ1) is 41.2. The van der Waals surface area contributed by atoms with Crippen molar-refractivity contribution in [1.29, 1.82) is 0 Å². The lowest BCUT2D eigenvalue weighted by Gasteiger charge is -2.26. The van der Waals surface area contributed by atoms with Crippen molar-refractivity contribution in [2.24, 2.45) is 0 Å². The number of hydrogen-bond donors (Lipinski definition) is 0. The molecule has 15 rings (SSSR count). The molecule has 0 radical (unpaired) electrons. The van der Waals surface area contributed by atoms with Crippen LogP contribution in [0.4, 0.5) is 17.1 Å². The van der Waals surface area contributed by atoms with Gasteiger partial charge in [-0.05, 0) is 221 Å². The van der Waals surface area contributed by atoms with Gasteiger partial charge in [0, 0.05) is 17.1 Å². The van der Waals surface area contributed by atoms with E-state index in [1.54, 1.807) is 0 Å². The first-order valence-electron chi connectivity index (χ1n) is 25.3. The van der Waals surface area contributed by atoms with Crippen molar-refractivity contribution in [2.75, 3.05) is 4.90 Å². The molecular formula is C72H45N. The summed E-state index contributed by atoms with van der Waals surface area (Å²) in [6.45, 7) is 0. The van der Waals surface area contributed by atoms with Crippen LogP contribution in [0.15, 0.2) is 273 Å². The highest BCUT2D eigenvalue weighted by Gasteiger charge is 2.16. The fraction of sp³-hybridized carbons (Fsp3) is 0. The van der Waals surface area contributed by atoms with E-state index in [4.69, 9.17) is 0 Å². The van der Waals surface area contributed by atoms with E-state index >= 15 is 0 Å². The zero-order chi connectivity index (χ0) is 48.0. The van der Waals surface area contributed by atoms with E-state index in [1.165, 1.54) is 130 Å². The van der Waals surface area contributed by atoms with Crippen LogP contribution in [-0.4, -0.2) is 0 Å². The Morgan fingerprint density at radius 2 is 0.370 bits per heavy atom. The average Bonchev–Trinajstić information content (AvgIpc) is 3.45. The molecule has 0 aromatic heterocycles. The SMILES string of the molecule is c1ccc2cc3c(ccc4ccc(-c5ccc(N(c6ccc(-c7ccc8ccc9cc%10ccccc%10cc9c8c7)cc6)c6ccc(-c7ccc8ccc9cc%10ccccc%10cc9c8c7)cc6)cc5)cc43)cc2c1. The number of anilines is 3. The first-order valence-corrected chi connectivity index (χ1v) is 25.3. The zero-order valence-corrected chi connectivity index (χ0v) is 39.9. The molecule has 0 aliphatic carbocycles. The predicted octanol–water partition coefficient (Wildman–Crippen LogP) is 20.5. The molecule has 15 aromatic carbocycles. The van der Waals surface area contributed by atoms with Gasteiger partial charge in [-0.1, -0.05) is 182 Å². The number of rotatable bonds is 6. The topological polar surface area (TPSA) is 3.24 Å². The minimum atomic E-state index is 1.09. The molecule has 15 aromatic rings. The first-order chi connectivity index (χ1) is 36.1. The summed E-state index contributed by atoms with van der Waals surface area (Å²) in [6.07, 6.45) is 0. The van der Waals surface area contributed by atoms with Crippen LogP contribution < -0.4 is 4.90 Å². The third-order valence-corrected chi connectivity index (χ3v) is 15.5. The quantitative estimate of drug-likeness (QED) is 0.119. The molecule has 0 atom stereocenters. The minimum Gasteiger partial charge on any atom is -0.311 e. The lowest BCUT2D eigenvalue weighted by Crippen LogP contribution is -2.09. The number of benzene rings is 15. The van der Waals surface area contributed by atoms with Crippen LogP contribution in [0.5, 0.6) is 0 Å². The Kier molecular flexibility index (Phi) is 9.33. The summed E-state index contributed by atoms with van der Waals surface area (Å²) in [6, 6.07) is 101. The van der Waals surface area contributed by atoms with Gasteiger partial charge in [0.05, 0.1) is 0 Å². The van der Waals surface area contributed by atoms with E-state index in [0.29, 0.717) is 0 Å². The third-order valence-electron chi connectivity index (χ3n) is 15.5. The van der Waals surface area contributed by atoms with Crippen LogP contribution in [0.1, 0.15) is 0 Å². The highest BCUT2D eigenvalue weighted by Crippen LogP contribution is 2.41. The fourth-order valence-corrected chi connectivity index (χ4v) is 11.6. The molecule has 1 heteroatoms. The Morgan fingerprint density at radius 1 is 0.151 bits per heavy atom. The summed E-state index contributed by atoms with van der Waals surface area (Å²) < 4.78 is 0. The summed E-state index contributed by atoms with van der Waals surface area (Å²) in [4.78, 5) is 2.38. The van der Waals surface area contributed by atoms with Crippen LogP contribution in [-0.2, 0) is 0 Å². The molecule has 1 nitrogen and oxygen atoms in total. The van der Waals surface area contributed by atoms with Crippen molar-refractivity contribution in [1.82, 2.24) is 0 Å². The molecule has 0 aliphatic rings. The van der Waals surface area contributed by atoms with Gasteiger partial charge in [-0.15, -0.1) is 0 Å². The zero-order valence-electron chi connectivity index (χ0n) is 39.9. The Morgan fingerprint density at radius 3 is 0.658 bits per heavy atom. The lowest BCUT2D eigenvalue weighted by atomic mass is 9.95. The van der Waals surface area contributed by atoms with E-state index in [1.807, 2.05) is 0 Å². The molecule has 338 valence electrons. The summed E-state index contributed by atoms with van der Waals surface area (Å²) in [5.41, 5.74) is 10.4. The maximum atomic E-state index is 2.38. The maximum Gasteiger partial charge on any atom is 0.0462 e. The summed E-state index contributed by atoms with van der Waals surface area (Å²) in [7, 11) is 0. The largest absolute Gasteiger partial charge is 0.311 e. The molecule has 0 bridgehead atoms. The molecule has 0 saturated carbocycles. The van der Waals surface area contributed by atoms with Gasteiger partial charge >= 0.3 is 0 Å². The second kappa shape index (κ2) is 16.5. The monoisotopic (exact) mass is 923 g/mol. The van der Waals surface area contributed by atoms with Gasteiger partial charge in [0.25, 0.3) is 0 Å². The van der Waals surface area contributed by atoms with Gasteiger partial charge in [-0.3, -0.25) is 0 Å². The third kappa shape index (κ3) is 7.08. The van der Waals surface area contributed by atoms with Crippen molar-refractivity contribution >= 4 is 114 Å². The standard InChI is InChI=1S/C72H45N/c1-4-10-55-40-70-61(37-52(55)7-1)22-16-49-13-19-58(43-67(49)70)46-25-31-64(32-26-46)73(65-33-27-47(28-34-65)59-20-14-50-17-23-62-38-53-8-2-5-11-56(53)41-71(62)68(50)44-59)66-35-29-48(30-36-66)60-21-15-51-18-24-63-39-54-9-3-6-12-57(54)42-72(63)69(51)45-60/h1-45H. The Bertz CT molecular complexity index is 4220. The second-order valence-electron chi connectivity index (χ2n) is 19.7. The Balaban J connectivity index is 0.814. The Hall–Kier alpha value is -9.56. The number of fused-ring (bicyclic) bond motifs is 12. The van der Waals surface area contributed by atoms with Crippen LogP contribution >= 0.6 is 0 Å². The van der Waals surface area contributed by atoms with Crippen LogP contribution in [0.3, 0.4) is 0 Å². The summed E-state index contributed by atoms with van der Waals surface area (Å²) >= 11 is 0. The fourth-order valence-electron chi connectivity index (χ4n) is 11.6. The van der Waals surface area contributed by atoms with E-state index in [9.17, 15) is 0 Å². The molecule has 0 saturated heterocycles. The van der Waals surface area contributed by atoms with Gasteiger partial charge in [-0.2, -0.15) is 0 Å². The lowest BCUT2D eigenvalue weighted by molar-refractivity contribution is 1.28. The molecule has 0 spiro atoms. The van der Waals surface area contributed by atoms with Gasteiger partial charge in [0.1, 0.15) is 0 Å². The van der Waals surface area contributed by atoms with Gasteiger partial charge in [0.2, 0.25) is 0 Å². The van der Waals surface area contributed by atoms with E-state index in [2.05, 4.69) is 278 Å². The Labute approximate surface area is 423 Å². The molecule has 0 unspecified atom stereocenters. The highest BCUT2D eigenvalue weighted by atomic mass is 15.1. The molecule has 73 heavy (non-hydrogen) atoms. The van der Waals surface area contributed by atoms with Crippen molar-refractivity contribution in [3.63, 3.8) is 0 Å². The average molecular weight is 924 g/mol. The maximum absolute atomic E-state index is 2.38. The van der Waals surface area contributed by atoms with E-state index in [-0.39, 0.29) is 0 Å². The van der Waals surface area contributed by atoms with Gasteiger partial charge in [-0.25, -0.2) is 0 Å². The van der Waals surface area contributed by atoms with Crippen molar-refractivity contribution in [3.8, 4) is 33.4 Å². The van der Waals surface area contributed by atoms with E-state index in [0.717, 1.165) is 17.1 Å². The summed E-state index contributed by atoms with van der Waals surface area (Å²) in [5, 5.41) is 22.8. The highest BCUT2D eigenvalue weighted by molar-refractivity contribution is 6.15. The van der Waals surface area contributed by atoms with Crippen LogP contribution in [0.2, 0.25) is 0 Å². The van der Waals surface area contributed by atoms with Crippen LogP contribution in [0, 0.1) is 0 Å². The van der Waals surface area contributed by atoms with Crippen molar-refractivity contribution < 1.29 is 0 Å². The van der Waals surface area contributed by atoms with Gasteiger partial charge < -0.3 is 4.90 Å². The minimum absolute atomic E-state index is 1.09. The number of hydrogen-bond acceptors (Lipinski definition) is 1. The number of nitrogens with zero attached hydrogens (tertiary/aromatic N) is 1. The molecule has 0 amide bonds. The molecule has 0 fully saturated rings. The normalized spacial score (nSPS) is 11.8.